The molecule has 0 saturated carbocycles. The van der Waals surface area contributed by atoms with Crippen molar-refractivity contribution in [3.63, 3.8) is 0 Å². The van der Waals surface area contributed by atoms with E-state index in [1.54, 1.807) is 29.4 Å². The predicted molar refractivity (Wildman–Crippen MR) is 44.7 cm³/mol. The molecule has 12 heavy (non-hydrogen) atoms. The lowest BCUT2D eigenvalue weighted by molar-refractivity contribution is 0.128. The SMILES string of the molecule is C1=CO[C@@H](Cn2cccn2)N=C1. The quantitative estimate of drug-likeness (QED) is 0.647. The van der Waals surface area contributed by atoms with E-state index in [0.29, 0.717) is 6.54 Å². The van der Waals surface area contributed by atoms with Crippen LogP contribution in [0.4, 0.5) is 0 Å². The third kappa shape index (κ3) is 1.53. The van der Waals surface area contributed by atoms with E-state index >= 15 is 0 Å². The highest BCUT2D eigenvalue weighted by molar-refractivity contribution is 5.71. The first-order valence-electron chi connectivity index (χ1n) is 3.76. The van der Waals surface area contributed by atoms with Gasteiger partial charge in [-0.05, 0) is 12.1 Å². The Morgan fingerprint density at radius 1 is 1.50 bits per heavy atom. The van der Waals surface area contributed by atoms with Crippen LogP contribution in [0.1, 0.15) is 0 Å². The second-order valence-corrected chi connectivity index (χ2v) is 2.45. The first kappa shape index (κ1) is 7.09. The van der Waals surface area contributed by atoms with Gasteiger partial charge in [-0.3, -0.25) is 4.68 Å². The number of aliphatic imine (C=N–C) groups is 1. The Bertz CT molecular complexity index is 289. The van der Waals surface area contributed by atoms with Gasteiger partial charge in [0.2, 0.25) is 6.23 Å². The van der Waals surface area contributed by atoms with Gasteiger partial charge in [-0.25, -0.2) is 4.99 Å². The molecule has 2 heterocycles. The van der Waals surface area contributed by atoms with Gasteiger partial charge in [-0.1, -0.05) is 0 Å². The summed E-state index contributed by atoms with van der Waals surface area (Å²) in [4.78, 5) is 4.11. The van der Waals surface area contributed by atoms with E-state index in [1.165, 1.54) is 0 Å². The summed E-state index contributed by atoms with van der Waals surface area (Å²) in [5.74, 6) is 0. The Labute approximate surface area is 70.2 Å². The van der Waals surface area contributed by atoms with Crippen molar-refractivity contribution in [1.29, 1.82) is 0 Å². The fourth-order valence-electron chi connectivity index (χ4n) is 1.01. The van der Waals surface area contributed by atoms with Crippen molar-refractivity contribution >= 4 is 6.21 Å². The second kappa shape index (κ2) is 3.21. The normalized spacial score (nSPS) is 20.8. The van der Waals surface area contributed by atoms with E-state index in [-0.39, 0.29) is 6.23 Å². The summed E-state index contributed by atoms with van der Waals surface area (Å²) < 4.78 is 7.00. The molecule has 1 aliphatic rings. The average Bonchev–Trinajstić information content (AvgIpc) is 2.59. The molecule has 0 N–H and O–H groups in total. The van der Waals surface area contributed by atoms with Gasteiger partial charge in [-0.15, -0.1) is 0 Å². The fraction of sp³-hybridized carbons (Fsp3) is 0.250. The van der Waals surface area contributed by atoms with Crippen molar-refractivity contribution in [3.8, 4) is 0 Å². The third-order valence-electron chi connectivity index (χ3n) is 1.56. The second-order valence-electron chi connectivity index (χ2n) is 2.45. The van der Waals surface area contributed by atoms with Gasteiger partial charge in [0.25, 0.3) is 0 Å². The Morgan fingerprint density at radius 2 is 2.50 bits per heavy atom. The van der Waals surface area contributed by atoms with Crippen LogP contribution in [-0.4, -0.2) is 22.2 Å². The largest absolute Gasteiger partial charge is 0.474 e. The van der Waals surface area contributed by atoms with E-state index in [0.717, 1.165) is 0 Å². The van der Waals surface area contributed by atoms with Crippen LogP contribution in [0.3, 0.4) is 0 Å². The maximum atomic E-state index is 5.21. The molecule has 4 nitrogen and oxygen atoms in total. The molecule has 0 radical (unpaired) electrons. The fourth-order valence-corrected chi connectivity index (χ4v) is 1.01. The van der Waals surface area contributed by atoms with Crippen molar-refractivity contribution in [2.45, 2.75) is 12.8 Å². The van der Waals surface area contributed by atoms with E-state index in [2.05, 4.69) is 10.1 Å². The number of rotatable bonds is 2. The summed E-state index contributed by atoms with van der Waals surface area (Å²) in [6.07, 6.45) is 8.63. The molecular formula is C8H9N3O. The number of ether oxygens (including phenoxy) is 1. The molecule has 1 atom stereocenters. The Hall–Kier alpha value is -1.58. The Balaban J connectivity index is 1.96. The Morgan fingerprint density at radius 3 is 3.17 bits per heavy atom. The van der Waals surface area contributed by atoms with Crippen LogP contribution in [0.25, 0.3) is 0 Å². The van der Waals surface area contributed by atoms with Crippen molar-refractivity contribution in [2.24, 2.45) is 4.99 Å². The average molecular weight is 163 g/mol. The number of aromatic nitrogens is 2. The van der Waals surface area contributed by atoms with Gasteiger partial charge in [0.1, 0.15) is 0 Å². The topological polar surface area (TPSA) is 39.4 Å². The molecule has 0 spiro atoms. The number of allylic oxidation sites excluding steroid dienone is 1. The van der Waals surface area contributed by atoms with Crippen molar-refractivity contribution in [3.05, 3.63) is 30.8 Å². The highest BCUT2D eigenvalue weighted by Crippen LogP contribution is 2.02. The number of hydrogen-bond donors (Lipinski definition) is 0. The molecule has 0 aromatic carbocycles. The van der Waals surface area contributed by atoms with Crippen molar-refractivity contribution in [2.75, 3.05) is 0 Å². The van der Waals surface area contributed by atoms with Gasteiger partial charge in [0, 0.05) is 18.6 Å². The molecule has 0 amide bonds. The molecule has 0 unspecified atom stereocenters. The monoisotopic (exact) mass is 163 g/mol. The lowest BCUT2D eigenvalue weighted by atomic mass is 10.5. The van der Waals surface area contributed by atoms with Crippen LogP contribution >= 0.6 is 0 Å². The summed E-state index contributed by atoms with van der Waals surface area (Å²) in [5.41, 5.74) is 0. The molecule has 1 aromatic heterocycles. The van der Waals surface area contributed by atoms with Crippen LogP contribution in [0.2, 0.25) is 0 Å². The summed E-state index contributed by atoms with van der Waals surface area (Å²) in [5, 5.41) is 4.05. The lowest BCUT2D eigenvalue weighted by Gasteiger charge is -2.13. The zero-order valence-corrected chi connectivity index (χ0v) is 6.50. The summed E-state index contributed by atoms with van der Waals surface area (Å²) in [6.45, 7) is 0.661. The van der Waals surface area contributed by atoms with Crippen LogP contribution in [-0.2, 0) is 11.3 Å². The molecule has 0 bridgehead atoms. The van der Waals surface area contributed by atoms with E-state index < -0.39 is 0 Å². The molecular weight excluding hydrogens is 154 g/mol. The molecule has 2 rings (SSSR count). The van der Waals surface area contributed by atoms with Gasteiger partial charge >= 0.3 is 0 Å². The molecule has 1 aromatic rings. The first-order chi connectivity index (χ1) is 5.95. The molecule has 0 saturated heterocycles. The van der Waals surface area contributed by atoms with E-state index in [9.17, 15) is 0 Å². The molecule has 4 heteroatoms. The van der Waals surface area contributed by atoms with Gasteiger partial charge in [0.15, 0.2) is 0 Å². The van der Waals surface area contributed by atoms with Crippen LogP contribution in [0.15, 0.2) is 35.8 Å². The van der Waals surface area contributed by atoms with Gasteiger partial charge < -0.3 is 4.74 Å². The van der Waals surface area contributed by atoms with Gasteiger partial charge in [-0.2, -0.15) is 5.10 Å². The highest BCUT2D eigenvalue weighted by atomic mass is 16.5. The maximum Gasteiger partial charge on any atom is 0.208 e. The van der Waals surface area contributed by atoms with E-state index in [1.807, 2.05) is 12.3 Å². The van der Waals surface area contributed by atoms with Crippen LogP contribution in [0.5, 0.6) is 0 Å². The minimum Gasteiger partial charge on any atom is -0.474 e. The minimum atomic E-state index is -0.130. The van der Waals surface area contributed by atoms with Crippen molar-refractivity contribution in [1.82, 2.24) is 9.78 Å². The molecule has 62 valence electrons. The molecule has 0 aliphatic carbocycles. The summed E-state index contributed by atoms with van der Waals surface area (Å²) in [7, 11) is 0. The number of nitrogens with zero attached hydrogens (tertiary/aromatic N) is 3. The highest BCUT2D eigenvalue weighted by Gasteiger charge is 2.07. The third-order valence-corrected chi connectivity index (χ3v) is 1.56. The standard InChI is InChI=1S/C8H9N3O/c1-4-10-11(5-1)7-8-9-3-2-6-12-8/h1-6,8H,7H2/t8-/m0/s1. The Kier molecular flexibility index (Phi) is 1.90. The first-order valence-corrected chi connectivity index (χ1v) is 3.76. The predicted octanol–water partition coefficient (Wildman–Crippen LogP) is 0.824. The smallest absolute Gasteiger partial charge is 0.208 e. The van der Waals surface area contributed by atoms with E-state index in [4.69, 9.17) is 4.74 Å². The zero-order chi connectivity index (χ0) is 8.23. The van der Waals surface area contributed by atoms with Crippen LogP contribution in [0, 0.1) is 0 Å². The molecule has 0 fully saturated rings. The summed E-state index contributed by atoms with van der Waals surface area (Å²) >= 11 is 0. The molecule has 1 aliphatic heterocycles. The minimum absolute atomic E-state index is 0.130. The van der Waals surface area contributed by atoms with Crippen LogP contribution < -0.4 is 0 Å². The summed E-state index contributed by atoms with van der Waals surface area (Å²) in [6, 6.07) is 1.88. The maximum absolute atomic E-state index is 5.21. The van der Waals surface area contributed by atoms with Gasteiger partial charge in [0.05, 0.1) is 12.8 Å². The number of hydrogen-bond acceptors (Lipinski definition) is 3. The lowest BCUT2D eigenvalue weighted by Crippen LogP contribution is -2.17. The zero-order valence-electron chi connectivity index (χ0n) is 6.50. The van der Waals surface area contributed by atoms with Crippen molar-refractivity contribution < 1.29 is 4.74 Å².